The van der Waals surface area contributed by atoms with Crippen LogP contribution in [0.5, 0.6) is 0 Å². The van der Waals surface area contributed by atoms with Gasteiger partial charge in [-0.3, -0.25) is 0 Å². The van der Waals surface area contributed by atoms with Crippen molar-refractivity contribution >= 4 is 14.0 Å². The van der Waals surface area contributed by atoms with Crippen molar-refractivity contribution in [2.24, 2.45) is 0 Å². The van der Waals surface area contributed by atoms with Crippen LogP contribution in [0.3, 0.4) is 0 Å². The van der Waals surface area contributed by atoms with E-state index in [0.29, 0.717) is 5.56 Å². The lowest BCUT2D eigenvalue weighted by atomic mass is 9.90. The summed E-state index contributed by atoms with van der Waals surface area (Å²) < 4.78 is 11.3. The van der Waals surface area contributed by atoms with Crippen LogP contribution < -0.4 is 0 Å². The number of hydrogen-bond acceptors (Lipinski definition) is 6. The van der Waals surface area contributed by atoms with Gasteiger partial charge in [-0.25, -0.2) is 4.79 Å². The Kier molecular flexibility index (Phi) is 7.74. The van der Waals surface area contributed by atoms with E-state index in [-0.39, 0.29) is 6.42 Å². The molecule has 2 rings (SSSR count). The Morgan fingerprint density at radius 2 is 1.89 bits per heavy atom. The van der Waals surface area contributed by atoms with Crippen LogP contribution in [0.2, 0.25) is 19.6 Å². The normalized spacial score (nSPS) is 29.4. The van der Waals surface area contributed by atoms with E-state index in [1.165, 1.54) is 0 Å². The molecule has 3 N–H and O–H groups in total. The van der Waals surface area contributed by atoms with E-state index in [1.54, 1.807) is 42.5 Å². The highest BCUT2D eigenvalue weighted by molar-refractivity contribution is 6.80. The smallest absolute Gasteiger partial charge is 0.338 e. The van der Waals surface area contributed by atoms with Crippen molar-refractivity contribution in [3.8, 4) is 0 Å². The third-order valence-corrected chi connectivity index (χ3v) is 5.70. The summed E-state index contributed by atoms with van der Waals surface area (Å²) in [5.41, 5.74) is 2.28. The number of ether oxygens (including phenoxy) is 2. The average Bonchev–Trinajstić information content (AvgIpc) is 2.65. The van der Waals surface area contributed by atoms with Gasteiger partial charge in [-0.2, -0.15) is 0 Å². The summed E-state index contributed by atoms with van der Waals surface area (Å²) in [6, 6.07) is 8.39. The summed E-state index contributed by atoms with van der Waals surface area (Å²) in [4.78, 5) is 12.4. The molecule has 6 nitrogen and oxygen atoms in total. The van der Waals surface area contributed by atoms with E-state index < -0.39 is 50.7 Å². The quantitative estimate of drug-likeness (QED) is 0.364. The summed E-state index contributed by atoms with van der Waals surface area (Å²) in [6.45, 7) is 10.0. The maximum Gasteiger partial charge on any atom is 0.338 e. The second kappa shape index (κ2) is 9.62. The van der Waals surface area contributed by atoms with Gasteiger partial charge in [-0.1, -0.05) is 55.7 Å². The van der Waals surface area contributed by atoms with Gasteiger partial charge in [0.05, 0.1) is 13.6 Å². The first-order valence-electron chi connectivity index (χ1n) is 9.40. The Labute approximate surface area is 167 Å². The van der Waals surface area contributed by atoms with Gasteiger partial charge >= 0.3 is 5.97 Å². The minimum absolute atomic E-state index is 0.289. The number of carbonyl (C=O) groups excluding carboxylic acids is 1. The minimum atomic E-state index is -1.55. The average molecular weight is 407 g/mol. The number of carbonyl (C=O) groups is 1. The van der Waals surface area contributed by atoms with Gasteiger partial charge in [-0.15, -0.1) is 6.58 Å². The summed E-state index contributed by atoms with van der Waals surface area (Å²) >= 11 is 0. The summed E-state index contributed by atoms with van der Waals surface area (Å²) in [6.07, 6.45) is -3.25. The van der Waals surface area contributed by atoms with Crippen LogP contribution in [0.4, 0.5) is 0 Å². The maximum atomic E-state index is 12.4. The fourth-order valence-electron chi connectivity index (χ4n) is 3.01. The summed E-state index contributed by atoms with van der Waals surface area (Å²) in [7, 11) is -1.55. The molecule has 1 aliphatic rings. The van der Waals surface area contributed by atoms with Gasteiger partial charge in [0, 0.05) is 0 Å². The van der Waals surface area contributed by atoms with Gasteiger partial charge < -0.3 is 24.8 Å². The zero-order valence-corrected chi connectivity index (χ0v) is 17.6. The third-order valence-electron chi connectivity index (χ3n) is 4.50. The molecule has 1 fully saturated rings. The molecule has 0 spiro atoms. The van der Waals surface area contributed by atoms with Gasteiger partial charge in [0.2, 0.25) is 0 Å². The van der Waals surface area contributed by atoms with E-state index in [9.17, 15) is 20.1 Å². The predicted molar refractivity (Wildman–Crippen MR) is 110 cm³/mol. The Bertz CT molecular complexity index is 684. The summed E-state index contributed by atoms with van der Waals surface area (Å²) in [5.74, 6) is -0.618. The maximum absolute atomic E-state index is 12.4. The molecular weight excluding hydrogens is 376 g/mol. The zero-order valence-electron chi connectivity index (χ0n) is 16.6. The SMILES string of the molecule is C=CCC1O[C@@H]([C@@H](O)/C=C/[Si](C)(C)C)[C@@H](O)C(O)[C@H]1OC(=O)c1ccccc1. The Morgan fingerprint density at radius 1 is 1.25 bits per heavy atom. The highest BCUT2D eigenvalue weighted by Crippen LogP contribution is 2.29. The van der Waals surface area contributed by atoms with Crippen LogP contribution >= 0.6 is 0 Å². The fourth-order valence-corrected chi connectivity index (χ4v) is 3.79. The molecule has 2 unspecified atom stereocenters. The molecule has 1 aliphatic heterocycles. The molecule has 6 atom stereocenters. The number of hydrogen-bond donors (Lipinski definition) is 3. The molecule has 0 bridgehead atoms. The lowest BCUT2D eigenvalue weighted by Crippen LogP contribution is -2.61. The van der Waals surface area contributed by atoms with Crippen LogP contribution in [0.15, 0.2) is 54.8 Å². The van der Waals surface area contributed by atoms with E-state index in [4.69, 9.17) is 9.47 Å². The second-order valence-corrected chi connectivity index (χ2v) is 13.2. The van der Waals surface area contributed by atoms with Crippen LogP contribution in [0.25, 0.3) is 0 Å². The first-order chi connectivity index (χ1) is 13.1. The number of esters is 1. The number of aliphatic hydroxyl groups is 3. The van der Waals surface area contributed by atoms with Gasteiger partial charge in [0.25, 0.3) is 0 Å². The van der Waals surface area contributed by atoms with Crippen molar-refractivity contribution in [3.63, 3.8) is 0 Å². The fraction of sp³-hybridized carbons (Fsp3) is 0.476. The largest absolute Gasteiger partial charge is 0.453 e. The van der Waals surface area contributed by atoms with Gasteiger partial charge in [0.15, 0.2) is 6.10 Å². The highest BCUT2D eigenvalue weighted by Gasteiger charge is 2.48. The first-order valence-corrected chi connectivity index (χ1v) is 13.0. The van der Waals surface area contributed by atoms with Crippen LogP contribution in [-0.4, -0.2) is 66.0 Å². The van der Waals surface area contributed by atoms with Gasteiger partial charge in [0.1, 0.15) is 30.5 Å². The molecule has 1 heterocycles. The molecule has 154 valence electrons. The van der Waals surface area contributed by atoms with E-state index >= 15 is 0 Å². The van der Waals surface area contributed by atoms with E-state index in [2.05, 4.69) is 26.2 Å². The van der Waals surface area contributed by atoms with Crippen molar-refractivity contribution in [2.45, 2.75) is 62.7 Å². The molecule has 0 aromatic heterocycles. The molecule has 0 saturated carbocycles. The van der Waals surface area contributed by atoms with Crippen LogP contribution in [0.1, 0.15) is 16.8 Å². The Morgan fingerprint density at radius 3 is 2.46 bits per heavy atom. The molecule has 1 aromatic carbocycles. The lowest BCUT2D eigenvalue weighted by Gasteiger charge is -2.43. The monoisotopic (exact) mass is 406 g/mol. The lowest BCUT2D eigenvalue weighted by molar-refractivity contribution is -0.236. The first kappa shape index (κ1) is 22.5. The molecule has 7 heteroatoms. The number of rotatable bonds is 7. The topological polar surface area (TPSA) is 96.2 Å². The van der Waals surface area contributed by atoms with Crippen LogP contribution in [0, 0.1) is 0 Å². The van der Waals surface area contributed by atoms with E-state index in [1.807, 2.05) is 5.70 Å². The zero-order chi connectivity index (χ0) is 20.9. The van der Waals surface area contributed by atoms with Gasteiger partial charge in [-0.05, 0) is 18.6 Å². The molecule has 0 aliphatic carbocycles. The molecule has 0 radical (unpaired) electrons. The van der Waals surface area contributed by atoms with E-state index in [0.717, 1.165) is 0 Å². The number of benzene rings is 1. The molecule has 1 aromatic rings. The molecule has 28 heavy (non-hydrogen) atoms. The molecule has 0 amide bonds. The van der Waals surface area contributed by atoms with Crippen molar-refractivity contribution in [2.75, 3.05) is 0 Å². The van der Waals surface area contributed by atoms with Crippen molar-refractivity contribution in [1.29, 1.82) is 0 Å². The Balaban J connectivity index is 2.17. The predicted octanol–water partition coefficient (Wildman–Crippen LogP) is 2.07. The Hall–Kier alpha value is -1.77. The highest BCUT2D eigenvalue weighted by atomic mass is 28.3. The number of aliphatic hydroxyl groups excluding tert-OH is 3. The third kappa shape index (κ3) is 5.86. The van der Waals surface area contributed by atoms with Crippen LogP contribution in [-0.2, 0) is 9.47 Å². The standard InChI is InChI=1S/C21H30O6Si/c1-5-9-16-20(27-21(25)14-10-7-6-8-11-14)18(24)17(23)19(26-16)15(22)12-13-28(2,3)4/h5-8,10-13,15-20,22-24H,1,9H2,2-4H3/b13-12+/t15-,16?,17-,18?,19-,20-/m0/s1. The molecular formula is C21H30O6Si. The molecule has 1 saturated heterocycles. The van der Waals surface area contributed by atoms with Crippen molar-refractivity contribution in [3.05, 3.63) is 60.3 Å². The summed E-state index contributed by atoms with van der Waals surface area (Å²) in [5, 5.41) is 31.6. The van der Waals surface area contributed by atoms with Crippen molar-refractivity contribution in [1.82, 2.24) is 0 Å². The second-order valence-electron chi connectivity index (χ2n) is 8.10. The van der Waals surface area contributed by atoms with Crippen molar-refractivity contribution < 1.29 is 29.6 Å². The minimum Gasteiger partial charge on any atom is -0.453 e.